The zero-order chi connectivity index (χ0) is 38.0. The number of hydrogen-bond donors (Lipinski definition) is 6. The number of fused-ring (bicyclic) bond motifs is 9. The molecule has 286 valence electrons. The minimum atomic E-state index is -1.70. The van der Waals surface area contributed by atoms with Crippen LogP contribution in [0.25, 0.3) is 0 Å². The number of piperazine rings is 1. The monoisotopic (exact) mass is 746 g/mol. The van der Waals surface area contributed by atoms with E-state index in [4.69, 9.17) is 28.4 Å². The van der Waals surface area contributed by atoms with Crippen molar-refractivity contribution >= 4 is 11.9 Å². The Morgan fingerprint density at radius 1 is 1.04 bits per heavy atom. The fourth-order valence-corrected chi connectivity index (χ4v) is 10.0. The Hall–Kier alpha value is -4.84. The van der Waals surface area contributed by atoms with Crippen LogP contribution in [0.3, 0.4) is 0 Å². The number of aliphatic hydroxyl groups excluding tert-OH is 1. The van der Waals surface area contributed by atoms with Crippen LogP contribution in [0.5, 0.6) is 40.2 Å². The van der Waals surface area contributed by atoms with Crippen LogP contribution in [0.15, 0.2) is 18.2 Å². The molecule has 54 heavy (non-hydrogen) atoms. The van der Waals surface area contributed by atoms with Crippen molar-refractivity contribution < 1.29 is 58.4 Å². The van der Waals surface area contributed by atoms with Gasteiger partial charge >= 0.3 is 11.9 Å². The predicted octanol–water partition coefficient (Wildman–Crippen LogP) is 0.721. The average molecular weight is 747 g/mol. The van der Waals surface area contributed by atoms with E-state index in [1.54, 1.807) is 17.9 Å². The Labute approximate surface area is 310 Å². The number of ether oxygens (including phenoxy) is 6. The largest absolute Gasteiger partial charge is 0.634 e. The quantitative estimate of drug-likeness (QED) is 0.124. The van der Waals surface area contributed by atoms with E-state index in [-0.39, 0.29) is 42.1 Å². The van der Waals surface area contributed by atoms with E-state index >= 15 is 5.21 Å². The van der Waals surface area contributed by atoms with Crippen molar-refractivity contribution in [2.45, 2.75) is 75.6 Å². The molecule has 0 aliphatic carbocycles. The topological polar surface area (TPSA) is 205 Å². The summed E-state index contributed by atoms with van der Waals surface area (Å²) in [7, 11) is 2.88. The van der Waals surface area contributed by atoms with Crippen molar-refractivity contribution in [1.29, 1.82) is 0 Å². The van der Waals surface area contributed by atoms with Gasteiger partial charge in [-0.25, -0.2) is 4.79 Å². The van der Waals surface area contributed by atoms with Crippen LogP contribution < -0.4 is 39.4 Å². The lowest BCUT2D eigenvalue weighted by atomic mass is 9.71. The van der Waals surface area contributed by atoms with Gasteiger partial charge in [0.15, 0.2) is 40.0 Å². The van der Waals surface area contributed by atoms with Crippen molar-refractivity contribution in [3.8, 4) is 40.2 Å². The number of benzene rings is 3. The minimum Gasteiger partial charge on any atom is -0.634 e. The van der Waals surface area contributed by atoms with Gasteiger partial charge in [0.1, 0.15) is 31.2 Å². The molecular weight excluding hydrogens is 704 g/mol. The van der Waals surface area contributed by atoms with Gasteiger partial charge in [-0.05, 0) is 61.1 Å². The lowest BCUT2D eigenvalue weighted by molar-refractivity contribution is -0.890. The first kappa shape index (κ1) is 34.9. The van der Waals surface area contributed by atoms with Crippen molar-refractivity contribution in [3.05, 3.63) is 67.9 Å². The second-order valence-electron chi connectivity index (χ2n) is 14.9. The summed E-state index contributed by atoms with van der Waals surface area (Å²) < 4.78 is 35.4. The highest BCUT2D eigenvalue weighted by molar-refractivity contribution is 5.85. The molecule has 8 atom stereocenters. The molecule has 4 bridgehead atoms. The highest BCUT2D eigenvalue weighted by Gasteiger charge is 2.62. The van der Waals surface area contributed by atoms with Gasteiger partial charge in [-0.15, -0.1) is 0 Å². The maximum atomic E-state index is 15.7. The molecule has 7 heterocycles. The second-order valence-corrected chi connectivity index (χ2v) is 14.9. The number of nitrogens with zero attached hydrogens (tertiary/aromatic N) is 1. The van der Waals surface area contributed by atoms with Crippen LogP contribution >= 0.6 is 0 Å². The molecule has 1 spiro atoms. The second kappa shape index (κ2) is 12.3. The number of hydrogen-bond acceptors (Lipinski definition) is 15. The number of phenols is 2. The number of aromatic hydroxyl groups is 2. The highest BCUT2D eigenvalue weighted by Crippen LogP contribution is 2.59. The Morgan fingerprint density at radius 2 is 1.81 bits per heavy atom. The number of rotatable bonds is 3. The summed E-state index contributed by atoms with van der Waals surface area (Å²) in [6.45, 7) is 4.24. The highest BCUT2D eigenvalue weighted by atomic mass is 16.7. The van der Waals surface area contributed by atoms with Crippen LogP contribution in [-0.4, -0.2) is 91.2 Å². The molecule has 3 aromatic carbocycles. The molecule has 0 aromatic heterocycles. The van der Waals surface area contributed by atoms with E-state index < -0.39 is 65.5 Å². The molecular formula is C38H42N4O12. The van der Waals surface area contributed by atoms with E-state index in [0.29, 0.717) is 69.8 Å². The number of methoxy groups -OCH3 is 2. The Morgan fingerprint density at radius 3 is 2.56 bits per heavy atom. The van der Waals surface area contributed by atoms with E-state index in [0.717, 1.165) is 5.56 Å². The summed E-state index contributed by atoms with van der Waals surface area (Å²) in [4.78, 5) is 29.3. The summed E-state index contributed by atoms with van der Waals surface area (Å²) in [6, 6.07) is 0.686. The van der Waals surface area contributed by atoms with Crippen LogP contribution in [0.2, 0.25) is 0 Å². The molecule has 10 rings (SSSR count). The van der Waals surface area contributed by atoms with Gasteiger partial charge in [0, 0.05) is 30.2 Å². The van der Waals surface area contributed by atoms with Gasteiger partial charge < -0.3 is 59.3 Å². The number of esters is 2. The van der Waals surface area contributed by atoms with Crippen LogP contribution in [-0.2, 0) is 32.7 Å². The number of quaternary nitrogens is 1. The average Bonchev–Trinajstić information content (AvgIpc) is 3.63. The van der Waals surface area contributed by atoms with Gasteiger partial charge in [0.05, 0.1) is 44.0 Å². The number of aliphatic hydroxyl groups is 1. The Kier molecular flexibility index (Phi) is 7.98. The zero-order valence-corrected chi connectivity index (χ0v) is 30.4. The summed E-state index contributed by atoms with van der Waals surface area (Å²) in [6.07, 6.45) is -0.408. The molecule has 0 saturated carbocycles. The maximum Gasteiger partial charge on any atom is 0.337 e. The summed E-state index contributed by atoms with van der Waals surface area (Å²) in [5.41, 5.74) is 2.62. The van der Waals surface area contributed by atoms with Gasteiger partial charge in [-0.1, -0.05) is 6.07 Å². The smallest absolute Gasteiger partial charge is 0.337 e. The third kappa shape index (κ3) is 4.70. The first-order chi connectivity index (χ1) is 25.9. The molecule has 2 fully saturated rings. The maximum absolute atomic E-state index is 15.7. The molecule has 16 nitrogen and oxygen atoms in total. The minimum absolute atomic E-state index is 0.0832. The Balaban J connectivity index is 1.33. The summed E-state index contributed by atoms with van der Waals surface area (Å²) in [5.74, 6) is -0.374. The van der Waals surface area contributed by atoms with Crippen molar-refractivity contribution in [2.75, 3.05) is 40.7 Å². The molecule has 16 heteroatoms. The molecule has 6 N–H and O–H groups in total. The number of aryl methyl sites for hydroxylation is 1. The van der Waals surface area contributed by atoms with Gasteiger partial charge in [0.2, 0.25) is 6.79 Å². The summed E-state index contributed by atoms with van der Waals surface area (Å²) >= 11 is 0. The van der Waals surface area contributed by atoms with Crippen LogP contribution in [0.4, 0.5) is 0 Å². The number of nitrogens with one attached hydrogen (secondary N) is 3. The molecule has 8 unspecified atom stereocenters. The molecule has 7 aliphatic rings. The Bertz CT molecular complexity index is 2130. The zero-order valence-electron chi connectivity index (χ0n) is 30.4. The molecule has 0 radical (unpaired) electrons. The normalized spacial score (nSPS) is 30.4. The number of hydroxylamine groups is 2. The van der Waals surface area contributed by atoms with Crippen LogP contribution in [0, 0.1) is 19.1 Å². The van der Waals surface area contributed by atoms with Gasteiger partial charge in [0.25, 0.3) is 0 Å². The number of carbonyl (C=O) groups is 2. The van der Waals surface area contributed by atoms with Crippen molar-refractivity contribution in [2.24, 2.45) is 0 Å². The third-order valence-corrected chi connectivity index (χ3v) is 12.1. The molecule has 2 saturated heterocycles. The van der Waals surface area contributed by atoms with Crippen molar-refractivity contribution in [3.63, 3.8) is 0 Å². The predicted molar refractivity (Wildman–Crippen MR) is 187 cm³/mol. The van der Waals surface area contributed by atoms with Crippen LogP contribution in [0.1, 0.15) is 69.6 Å². The fourth-order valence-electron chi connectivity index (χ4n) is 10.0. The third-order valence-electron chi connectivity index (χ3n) is 12.1. The van der Waals surface area contributed by atoms with Gasteiger partial charge in [-0.2, -0.15) is 0 Å². The van der Waals surface area contributed by atoms with E-state index in [2.05, 4.69) is 10.6 Å². The van der Waals surface area contributed by atoms with Gasteiger partial charge in [-0.3, -0.25) is 15.0 Å². The summed E-state index contributed by atoms with van der Waals surface area (Å²) in [5, 5.41) is 57.0. The fraction of sp³-hybridized carbons (Fsp3) is 0.474. The number of carbonyl (C=O) groups excluding carboxylic acids is 2. The van der Waals surface area contributed by atoms with Crippen molar-refractivity contribution in [1.82, 2.24) is 15.5 Å². The lowest BCUT2D eigenvalue weighted by Gasteiger charge is -2.60. The molecule has 0 amide bonds. The molecule has 7 aliphatic heterocycles. The standard InChI is InChI=1S/C38H42N4O12/c1-15-8-19-9-21-36(46)42-22-12-51-37(47)38(20-11-24(49-4)23(44)10-18(20)6-7-39-38)13-41(48)29(30(42)28(40-21)25(19)31(45)32(15)50-5)27-26(22)35-34(52-14-53-35)16(2)33(27)54-17(3)43/h8,10-11,21-22,28-30,36,39-41,44-46H,6-7,9,12-14H2,1-5H3. The lowest BCUT2D eigenvalue weighted by Crippen LogP contribution is -3.12. The SMILES string of the molecule is COc1cc2c(cc1O)CCNC21C[NH+]([O-])C2c3c(OC(C)=O)c(C)c4c(c3C(COC1=O)N1C(O)C3Cc5cc(C)c(OC)c(O)c5C(N3)C21)OCO4. The first-order valence-electron chi connectivity index (χ1n) is 18.0. The van der Waals surface area contributed by atoms with E-state index in [9.17, 15) is 24.9 Å². The first-order valence-corrected chi connectivity index (χ1v) is 18.0. The number of phenolic OH excluding ortho intramolecular Hbond substituents is 2. The van der Waals surface area contributed by atoms with E-state index in [1.165, 1.54) is 27.2 Å². The molecule has 3 aromatic rings. The van der Waals surface area contributed by atoms with E-state index in [1.807, 2.05) is 13.0 Å².